The van der Waals surface area contributed by atoms with Crippen LogP contribution in [-0.2, 0) is 19.5 Å². The van der Waals surface area contributed by atoms with Gasteiger partial charge in [0.05, 0.1) is 17.6 Å². The molecule has 3 N–H and O–H groups in total. The lowest BCUT2D eigenvalue weighted by atomic mass is 10.0. The third kappa shape index (κ3) is 5.77. The van der Waals surface area contributed by atoms with Gasteiger partial charge in [-0.1, -0.05) is 29.8 Å². The number of benzene rings is 1. The summed E-state index contributed by atoms with van der Waals surface area (Å²) >= 11 is 0. The van der Waals surface area contributed by atoms with Crippen LogP contribution in [0.15, 0.2) is 48.2 Å². The molecule has 5 heteroatoms. The fourth-order valence-electron chi connectivity index (χ4n) is 3.80. The summed E-state index contributed by atoms with van der Waals surface area (Å²) in [7, 11) is 0. The highest BCUT2D eigenvalue weighted by atomic mass is 15.1. The predicted octanol–water partition coefficient (Wildman–Crippen LogP) is 4.45. The number of aryl methyl sites for hydroxylation is 2. The van der Waals surface area contributed by atoms with E-state index in [1.54, 1.807) is 0 Å². The molecule has 0 spiro atoms. The molecule has 0 saturated carbocycles. The van der Waals surface area contributed by atoms with Crippen LogP contribution in [0.1, 0.15) is 49.3 Å². The van der Waals surface area contributed by atoms with E-state index in [9.17, 15) is 0 Å². The molecule has 1 aromatic carbocycles. The van der Waals surface area contributed by atoms with Gasteiger partial charge in [0.25, 0.3) is 0 Å². The van der Waals surface area contributed by atoms with Crippen molar-refractivity contribution >= 4 is 11.0 Å². The van der Waals surface area contributed by atoms with Crippen molar-refractivity contribution in [3.63, 3.8) is 0 Å². The molecule has 0 bridgehead atoms. The van der Waals surface area contributed by atoms with Crippen molar-refractivity contribution in [2.24, 2.45) is 5.73 Å². The van der Waals surface area contributed by atoms with Crippen LogP contribution in [0.2, 0.25) is 0 Å². The lowest BCUT2D eigenvalue weighted by molar-refractivity contribution is 0.451. The molecule has 0 aliphatic carbocycles. The van der Waals surface area contributed by atoms with E-state index in [-0.39, 0.29) is 0 Å². The Morgan fingerprint density at radius 2 is 2.03 bits per heavy atom. The van der Waals surface area contributed by atoms with E-state index in [1.807, 2.05) is 12.3 Å². The molecule has 3 rings (SSSR count). The van der Waals surface area contributed by atoms with Gasteiger partial charge in [0.2, 0.25) is 0 Å². The van der Waals surface area contributed by atoms with E-state index in [4.69, 9.17) is 10.7 Å². The van der Waals surface area contributed by atoms with Crippen LogP contribution in [0.5, 0.6) is 0 Å². The summed E-state index contributed by atoms with van der Waals surface area (Å²) < 4.78 is 2.31. The number of fused-ring (bicyclic) bond motifs is 1. The first-order chi connectivity index (χ1) is 14.5. The fourth-order valence-corrected chi connectivity index (χ4v) is 3.80. The second-order valence-electron chi connectivity index (χ2n) is 8.40. The number of allylic oxidation sites excluding steroid dienone is 2. The SMILES string of the molecule is CC(C)=CCn1c(CNC(CCCN)Cc2ncc(C)cc2C)nc2ccccc21. The lowest BCUT2D eigenvalue weighted by Gasteiger charge is -2.20. The fraction of sp³-hybridized carbons (Fsp3) is 0.440. The molecular formula is C25H35N5. The van der Waals surface area contributed by atoms with Crippen LogP contribution in [0.25, 0.3) is 11.0 Å². The number of hydrogen-bond donors (Lipinski definition) is 2. The van der Waals surface area contributed by atoms with Gasteiger partial charge < -0.3 is 15.6 Å². The third-order valence-corrected chi connectivity index (χ3v) is 5.48. The monoisotopic (exact) mass is 405 g/mol. The average Bonchev–Trinajstić information content (AvgIpc) is 3.07. The van der Waals surface area contributed by atoms with Crippen LogP contribution < -0.4 is 11.1 Å². The van der Waals surface area contributed by atoms with Crippen LogP contribution in [-0.4, -0.2) is 27.1 Å². The molecule has 2 aromatic heterocycles. The second-order valence-corrected chi connectivity index (χ2v) is 8.40. The molecule has 1 atom stereocenters. The minimum atomic E-state index is 0.319. The summed E-state index contributed by atoms with van der Waals surface area (Å²) in [5.41, 5.74) is 13.0. The maximum atomic E-state index is 5.80. The van der Waals surface area contributed by atoms with Crippen molar-refractivity contribution in [1.82, 2.24) is 19.9 Å². The summed E-state index contributed by atoms with van der Waals surface area (Å²) in [6.07, 6.45) is 7.14. The molecule has 0 saturated heterocycles. The smallest absolute Gasteiger partial charge is 0.124 e. The first kappa shape index (κ1) is 22.2. The van der Waals surface area contributed by atoms with Gasteiger partial charge in [-0.15, -0.1) is 0 Å². The molecule has 3 aromatic rings. The molecular weight excluding hydrogens is 370 g/mol. The Hall–Kier alpha value is -2.50. The van der Waals surface area contributed by atoms with E-state index in [2.05, 4.69) is 72.9 Å². The zero-order valence-corrected chi connectivity index (χ0v) is 18.8. The molecule has 0 amide bonds. The molecule has 0 aliphatic rings. The molecule has 160 valence electrons. The molecule has 0 aliphatic heterocycles. The maximum absolute atomic E-state index is 5.80. The van der Waals surface area contributed by atoms with Crippen molar-refractivity contribution < 1.29 is 0 Å². The number of aromatic nitrogens is 3. The van der Waals surface area contributed by atoms with Crippen LogP contribution >= 0.6 is 0 Å². The Morgan fingerprint density at radius 1 is 1.23 bits per heavy atom. The standard InChI is InChI=1S/C25H35N5/c1-18(2)11-13-30-24-10-6-5-9-22(24)29-25(30)17-27-21(8-7-12-26)15-23-20(4)14-19(3)16-28-23/h5-6,9-11,14,16,21,27H,7-8,12-13,15,17,26H2,1-4H3. The van der Waals surface area contributed by atoms with Crippen molar-refractivity contribution in [1.29, 1.82) is 0 Å². The number of imidazole rings is 1. The molecule has 2 heterocycles. The predicted molar refractivity (Wildman–Crippen MR) is 125 cm³/mol. The Balaban J connectivity index is 1.79. The van der Waals surface area contributed by atoms with Gasteiger partial charge in [-0.2, -0.15) is 0 Å². The number of nitrogens with two attached hydrogens (primary N) is 1. The van der Waals surface area contributed by atoms with Gasteiger partial charge in [-0.3, -0.25) is 4.98 Å². The zero-order valence-electron chi connectivity index (χ0n) is 18.8. The number of nitrogens with one attached hydrogen (secondary N) is 1. The Bertz CT molecular complexity index is 998. The van der Waals surface area contributed by atoms with Crippen LogP contribution in [0, 0.1) is 13.8 Å². The van der Waals surface area contributed by atoms with E-state index in [1.165, 1.54) is 22.2 Å². The number of pyridine rings is 1. The summed E-state index contributed by atoms with van der Waals surface area (Å²) in [6, 6.07) is 10.9. The third-order valence-electron chi connectivity index (χ3n) is 5.48. The normalized spacial score (nSPS) is 12.3. The van der Waals surface area contributed by atoms with Gasteiger partial charge in [0.15, 0.2) is 0 Å². The molecule has 1 unspecified atom stereocenters. The van der Waals surface area contributed by atoms with E-state index >= 15 is 0 Å². The average molecular weight is 406 g/mol. The van der Waals surface area contributed by atoms with Crippen molar-refractivity contribution in [2.75, 3.05) is 6.54 Å². The highest BCUT2D eigenvalue weighted by Crippen LogP contribution is 2.18. The molecule has 5 nitrogen and oxygen atoms in total. The van der Waals surface area contributed by atoms with Gasteiger partial charge in [-0.05, 0) is 70.3 Å². The largest absolute Gasteiger partial charge is 0.330 e. The first-order valence-corrected chi connectivity index (χ1v) is 10.9. The van der Waals surface area contributed by atoms with Crippen LogP contribution in [0.3, 0.4) is 0 Å². The Morgan fingerprint density at radius 3 is 2.77 bits per heavy atom. The number of para-hydroxylation sites is 2. The topological polar surface area (TPSA) is 68.8 Å². The Labute approximate surface area is 180 Å². The highest BCUT2D eigenvalue weighted by Gasteiger charge is 2.15. The quantitative estimate of drug-likeness (QED) is 0.489. The summed E-state index contributed by atoms with van der Waals surface area (Å²) in [5.74, 6) is 1.07. The summed E-state index contributed by atoms with van der Waals surface area (Å²) in [5, 5.41) is 3.75. The maximum Gasteiger partial charge on any atom is 0.124 e. The lowest BCUT2D eigenvalue weighted by Crippen LogP contribution is -2.33. The Kier molecular flexibility index (Phi) is 7.77. The van der Waals surface area contributed by atoms with Gasteiger partial charge in [0, 0.05) is 30.9 Å². The minimum absolute atomic E-state index is 0.319. The van der Waals surface area contributed by atoms with Gasteiger partial charge in [-0.25, -0.2) is 4.98 Å². The van der Waals surface area contributed by atoms with Crippen molar-refractivity contribution in [2.45, 2.75) is 66.1 Å². The van der Waals surface area contributed by atoms with E-state index < -0.39 is 0 Å². The van der Waals surface area contributed by atoms with Crippen LogP contribution in [0.4, 0.5) is 0 Å². The van der Waals surface area contributed by atoms with E-state index in [0.29, 0.717) is 12.6 Å². The van der Waals surface area contributed by atoms with Gasteiger partial charge in [0.1, 0.15) is 5.82 Å². The first-order valence-electron chi connectivity index (χ1n) is 10.9. The number of nitrogens with zero attached hydrogens (tertiary/aromatic N) is 3. The molecule has 0 fully saturated rings. The van der Waals surface area contributed by atoms with Crippen molar-refractivity contribution in [3.05, 3.63) is 70.8 Å². The molecule has 30 heavy (non-hydrogen) atoms. The second kappa shape index (κ2) is 10.5. The molecule has 0 radical (unpaired) electrons. The number of rotatable bonds is 10. The minimum Gasteiger partial charge on any atom is -0.330 e. The van der Waals surface area contributed by atoms with Crippen molar-refractivity contribution in [3.8, 4) is 0 Å². The van der Waals surface area contributed by atoms with E-state index in [0.717, 1.165) is 49.4 Å². The number of hydrogen-bond acceptors (Lipinski definition) is 4. The van der Waals surface area contributed by atoms with Gasteiger partial charge >= 0.3 is 0 Å². The summed E-state index contributed by atoms with van der Waals surface area (Å²) in [4.78, 5) is 9.59. The zero-order chi connectivity index (χ0) is 21.5. The highest BCUT2D eigenvalue weighted by molar-refractivity contribution is 5.75. The summed E-state index contributed by atoms with van der Waals surface area (Å²) in [6.45, 7) is 10.8.